The van der Waals surface area contributed by atoms with Gasteiger partial charge < -0.3 is 59.0 Å². The Hall–Kier alpha value is 0.950. The van der Waals surface area contributed by atoms with Crippen LogP contribution in [0.3, 0.4) is 0 Å². The van der Waals surface area contributed by atoms with Crippen LogP contribution in [0.4, 0.5) is 0 Å². The molecule has 0 spiro atoms. The molecular formula is C12H27N6O12P5. The van der Waals surface area contributed by atoms with E-state index < -0.39 is 23.5 Å². The third-order valence-electron chi connectivity index (χ3n) is 3.87. The fourth-order valence-electron chi connectivity index (χ4n) is 2.60. The third kappa shape index (κ3) is 23.8. The summed E-state index contributed by atoms with van der Waals surface area (Å²) in [5.74, 6) is 0. The number of piperazine rings is 3. The van der Waals surface area contributed by atoms with E-state index in [9.17, 15) is 43.1 Å². The first-order chi connectivity index (χ1) is 15.2. The summed E-state index contributed by atoms with van der Waals surface area (Å²) in [6.07, 6.45) is 0. The molecule has 0 aromatic carbocycles. The van der Waals surface area contributed by atoms with Gasteiger partial charge in [-0.15, -0.1) is 0 Å². The Morgan fingerprint density at radius 1 is 0.457 bits per heavy atom. The van der Waals surface area contributed by atoms with Gasteiger partial charge in [-0.2, -0.15) is 15.2 Å². The number of nitrogens with one attached hydrogen (secondary N) is 3. The molecule has 3 rings (SSSR count). The van der Waals surface area contributed by atoms with E-state index in [-0.39, 0.29) is 19.8 Å². The van der Waals surface area contributed by atoms with Crippen LogP contribution in [0.2, 0.25) is 0 Å². The molecule has 18 nitrogen and oxygen atoms in total. The molecule has 3 aliphatic heterocycles. The van der Waals surface area contributed by atoms with E-state index in [0.29, 0.717) is 78.5 Å². The SMILES string of the molecule is O=P([O-])([O-])ON1CCNCC1.O=P([O-])([O-])ON1CCNCC1.O=P([O-])([O-])ON1CCNCC1.[P+3].[P+3]. The topological polar surface area (TPSA) is 263 Å². The average Bonchev–Trinajstić information content (AvgIpc) is 2.67. The van der Waals surface area contributed by atoms with E-state index in [1.54, 1.807) is 0 Å². The number of phosphoric acid groups is 3. The Kier molecular flexibility index (Phi) is 20.8. The van der Waals surface area contributed by atoms with Crippen molar-refractivity contribution in [2.75, 3.05) is 78.5 Å². The van der Waals surface area contributed by atoms with Gasteiger partial charge in [-0.3, -0.25) is 13.9 Å². The molecule has 4 radical (unpaired) electrons. The first kappa shape index (κ1) is 38.1. The van der Waals surface area contributed by atoms with Crippen LogP contribution in [0.15, 0.2) is 0 Å². The maximum absolute atomic E-state index is 10.1. The molecule has 0 unspecified atom stereocenters. The van der Waals surface area contributed by atoms with Gasteiger partial charge in [0.25, 0.3) is 0 Å². The molecule has 202 valence electrons. The van der Waals surface area contributed by atoms with Crippen molar-refractivity contribution in [3.05, 3.63) is 0 Å². The van der Waals surface area contributed by atoms with Gasteiger partial charge in [0.05, 0.1) is 23.5 Å². The Morgan fingerprint density at radius 3 is 0.771 bits per heavy atom. The third-order valence-corrected chi connectivity index (χ3v) is 5.17. The van der Waals surface area contributed by atoms with E-state index in [0.717, 1.165) is 15.2 Å². The van der Waals surface area contributed by atoms with Gasteiger partial charge in [-0.1, -0.05) is 0 Å². The van der Waals surface area contributed by atoms with Gasteiger partial charge in [0.1, 0.15) is 0 Å². The Bertz CT molecular complexity index is 587. The number of hydrogen-bond donors (Lipinski definition) is 3. The fraction of sp³-hybridized carbons (Fsp3) is 1.00. The minimum Gasteiger partial charge on any atom is -0.788 e. The zero-order valence-electron chi connectivity index (χ0n) is 18.5. The van der Waals surface area contributed by atoms with E-state index in [1.165, 1.54) is 0 Å². The van der Waals surface area contributed by atoms with Gasteiger partial charge in [-0.25, -0.2) is 0 Å². The van der Waals surface area contributed by atoms with Crippen molar-refractivity contribution in [2.45, 2.75) is 0 Å². The molecule has 3 N–H and O–H groups in total. The van der Waals surface area contributed by atoms with Crippen LogP contribution in [0.5, 0.6) is 0 Å². The largest absolute Gasteiger partial charge is 3.00 e. The standard InChI is InChI=1S/3C4H11N2O4P.2P/c3*7-11(8,9)10-6-3-1-5-2-4-6;;/h3*5H,1-4H2,(H2,7,8,9);;/q;;;2*+3/p-6. The van der Waals surface area contributed by atoms with Crippen LogP contribution in [-0.4, -0.2) is 93.7 Å². The summed E-state index contributed by atoms with van der Waals surface area (Å²) in [5, 5.41) is 12.4. The second kappa shape index (κ2) is 19.1. The maximum atomic E-state index is 10.1. The van der Waals surface area contributed by atoms with Gasteiger partial charge >= 0.3 is 19.8 Å². The number of nitrogens with zero attached hydrogens (tertiary/aromatic N) is 3. The van der Waals surface area contributed by atoms with Crippen molar-refractivity contribution in [3.63, 3.8) is 0 Å². The quantitative estimate of drug-likeness (QED) is 0.240. The molecule has 0 aliphatic carbocycles. The predicted octanol–water partition coefficient (Wildman–Crippen LogP) is -5.32. The summed E-state index contributed by atoms with van der Waals surface area (Å²) < 4.78 is 42.6. The van der Waals surface area contributed by atoms with E-state index in [1.807, 2.05) is 0 Å². The van der Waals surface area contributed by atoms with Gasteiger partial charge in [0.15, 0.2) is 0 Å². The zero-order valence-corrected chi connectivity index (χ0v) is 22.9. The summed E-state index contributed by atoms with van der Waals surface area (Å²) in [6.45, 7) is 6.38. The molecule has 0 saturated carbocycles. The van der Waals surface area contributed by atoms with Gasteiger partial charge in [0, 0.05) is 78.5 Å². The van der Waals surface area contributed by atoms with Crippen molar-refractivity contribution < 1.29 is 56.9 Å². The molecule has 35 heavy (non-hydrogen) atoms. The fourth-order valence-corrected chi connectivity index (χ4v) is 3.94. The number of hydrogen-bond acceptors (Lipinski definition) is 18. The molecule has 0 bridgehead atoms. The first-order valence-corrected chi connectivity index (χ1v) is 14.1. The van der Waals surface area contributed by atoms with E-state index in [4.69, 9.17) is 0 Å². The van der Waals surface area contributed by atoms with E-state index >= 15 is 0 Å². The normalized spacial score (nSPS) is 20.7. The summed E-state index contributed by atoms with van der Waals surface area (Å²) in [7, 11) is -14.5. The maximum Gasteiger partial charge on any atom is 3.00 e. The molecule has 3 aliphatic rings. The summed E-state index contributed by atoms with van der Waals surface area (Å²) >= 11 is 0. The molecule has 3 fully saturated rings. The predicted molar refractivity (Wildman–Crippen MR) is 113 cm³/mol. The zero-order chi connectivity index (χ0) is 25.0. The van der Waals surface area contributed by atoms with Gasteiger partial charge in [-0.05, 0) is 0 Å². The number of rotatable bonds is 6. The second-order valence-corrected chi connectivity index (χ2v) is 9.80. The van der Waals surface area contributed by atoms with Crippen LogP contribution >= 0.6 is 43.3 Å². The molecular weight excluding hydrogens is 575 g/mol. The van der Waals surface area contributed by atoms with Crippen LogP contribution in [-0.2, 0) is 27.6 Å². The smallest absolute Gasteiger partial charge is 0.788 e. The Balaban J connectivity index is 0. The van der Waals surface area contributed by atoms with Gasteiger partial charge in [0.2, 0.25) is 0 Å². The minimum absolute atomic E-state index is 0. The first-order valence-electron chi connectivity index (χ1n) is 9.76. The summed E-state index contributed by atoms with van der Waals surface area (Å²) in [5.41, 5.74) is 0. The van der Waals surface area contributed by atoms with Crippen molar-refractivity contribution >= 4 is 43.3 Å². The van der Waals surface area contributed by atoms with Crippen LogP contribution < -0.4 is 45.3 Å². The molecule has 3 heterocycles. The molecule has 3 saturated heterocycles. The minimum atomic E-state index is -4.84. The summed E-state index contributed by atoms with van der Waals surface area (Å²) in [6, 6.07) is 0. The monoisotopic (exact) mass is 602 g/mol. The molecule has 0 atom stereocenters. The van der Waals surface area contributed by atoms with E-state index in [2.05, 4.69) is 29.8 Å². The average molecular weight is 602 g/mol. The Labute approximate surface area is 210 Å². The number of hydroxylamine groups is 6. The molecule has 0 aromatic heterocycles. The molecule has 23 heteroatoms. The summed E-state index contributed by atoms with van der Waals surface area (Å²) in [4.78, 5) is 60.5. The van der Waals surface area contributed by atoms with Crippen molar-refractivity contribution in [1.82, 2.24) is 31.1 Å². The van der Waals surface area contributed by atoms with Crippen molar-refractivity contribution in [1.29, 1.82) is 0 Å². The van der Waals surface area contributed by atoms with Crippen molar-refractivity contribution in [2.24, 2.45) is 0 Å². The van der Waals surface area contributed by atoms with Crippen LogP contribution in [0.1, 0.15) is 0 Å². The van der Waals surface area contributed by atoms with Crippen LogP contribution in [0.25, 0.3) is 0 Å². The molecule has 0 amide bonds. The van der Waals surface area contributed by atoms with Crippen LogP contribution in [0, 0.1) is 0 Å². The second-order valence-electron chi connectivity index (χ2n) is 6.62. The van der Waals surface area contributed by atoms with Crippen molar-refractivity contribution in [3.8, 4) is 0 Å². The Morgan fingerprint density at radius 2 is 0.629 bits per heavy atom. The molecule has 0 aromatic rings.